The fraction of sp³-hybridized carbons (Fsp3) is 0. The molecule has 0 aliphatic heterocycles. The Labute approximate surface area is 79.1 Å². The molecule has 0 spiro atoms. The van der Waals surface area contributed by atoms with Crippen molar-refractivity contribution in [3.8, 4) is 6.07 Å². The van der Waals surface area contributed by atoms with Crippen molar-refractivity contribution in [3.63, 3.8) is 0 Å². The maximum absolute atomic E-state index is 12.8. The van der Waals surface area contributed by atoms with Crippen molar-refractivity contribution in [2.75, 3.05) is 0 Å². The van der Waals surface area contributed by atoms with Crippen LogP contribution in [0.15, 0.2) is 12.1 Å². The zero-order valence-corrected chi connectivity index (χ0v) is 7.09. The van der Waals surface area contributed by atoms with Crippen LogP contribution < -0.4 is 5.46 Å². The van der Waals surface area contributed by atoms with Gasteiger partial charge in [0.2, 0.25) is 0 Å². The van der Waals surface area contributed by atoms with Crippen molar-refractivity contribution in [1.29, 1.82) is 5.26 Å². The summed E-state index contributed by atoms with van der Waals surface area (Å²) in [4.78, 5) is 0. The lowest BCUT2D eigenvalue weighted by Gasteiger charge is -2.03. The summed E-state index contributed by atoms with van der Waals surface area (Å²) in [6.07, 6.45) is 0. The molecule has 0 unspecified atom stereocenters. The highest BCUT2D eigenvalue weighted by Gasteiger charge is 2.18. The van der Waals surface area contributed by atoms with Crippen molar-refractivity contribution in [3.05, 3.63) is 28.5 Å². The summed E-state index contributed by atoms with van der Waals surface area (Å²) >= 11 is 5.48. The zero-order chi connectivity index (χ0) is 10.0. The lowest BCUT2D eigenvalue weighted by atomic mass is 9.79. The summed E-state index contributed by atoms with van der Waals surface area (Å²) in [5, 5.41) is 25.8. The molecule has 0 aromatic heterocycles. The molecule has 1 aromatic carbocycles. The van der Waals surface area contributed by atoms with Gasteiger partial charge in [0.1, 0.15) is 11.9 Å². The minimum atomic E-state index is -1.81. The number of hydrogen-bond acceptors (Lipinski definition) is 3. The van der Waals surface area contributed by atoms with E-state index >= 15 is 0 Å². The van der Waals surface area contributed by atoms with Crippen LogP contribution in [0.4, 0.5) is 4.39 Å². The zero-order valence-electron chi connectivity index (χ0n) is 6.33. The summed E-state index contributed by atoms with van der Waals surface area (Å²) in [5.41, 5.74) is -0.355. The van der Waals surface area contributed by atoms with E-state index in [2.05, 4.69) is 0 Å². The first kappa shape index (κ1) is 10.00. The lowest BCUT2D eigenvalue weighted by Crippen LogP contribution is -2.31. The highest BCUT2D eigenvalue weighted by molar-refractivity contribution is 6.62. The van der Waals surface area contributed by atoms with Crippen LogP contribution in [0.3, 0.4) is 0 Å². The Hall–Kier alpha value is -1.09. The molecule has 1 rings (SSSR count). The average Bonchev–Trinajstić information content (AvgIpc) is 2.03. The molecule has 0 aliphatic carbocycles. The van der Waals surface area contributed by atoms with Gasteiger partial charge >= 0.3 is 7.12 Å². The number of halogens is 2. The lowest BCUT2D eigenvalue weighted by molar-refractivity contribution is 0.425. The van der Waals surface area contributed by atoms with Gasteiger partial charge in [0.05, 0.1) is 5.56 Å². The van der Waals surface area contributed by atoms with Gasteiger partial charge in [-0.2, -0.15) is 5.26 Å². The maximum atomic E-state index is 12.8. The van der Waals surface area contributed by atoms with E-state index in [1.165, 1.54) is 0 Å². The molecule has 0 bridgehead atoms. The maximum Gasteiger partial charge on any atom is 0.490 e. The van der Waals surface area contributed by atoms with Crippen LogP contribution in [0.2, 0.25) is 5.02 Å². The predicted molar refractivity (Wildman–Crippen MR) is 46.0 cm³/mol. The van der Waals surface area contributed by atoms with Gasteiger partial charge in [0.15, 0.2) is 0 Å². The Morgan fingerprint density at radius 3 is 2.54 bits per heavy atom. The number of nitriles is 1. The minimum absolute atomic E-state index is 0.0837. The summed E-state index contributed by atoms with van der Waals surface area (Å²) < 4.78 is 12.8. The second-order valence-electron chi connectivity index (χ2n) is 2.34. The Balaban J connectivity index is 3.33. The highest BCUT2D eigenvalue weighted by atomic mass is 35.5. The molecule has 3 nitrogen and oxygen atoms in total. The van der Waals surface area contributed by atoms with E-state index in [9.17, 15) is 4.39 Å². The Morgan fingerprint density at radius 1 is 1.46 bits per heavy atom. The van der Waals surface area contributed by atoms with Gasteiger partial charge in [-0.15, -0.1) is 0 Å². The van der Waals surface area contributed by atoms with Crippen LogP contribution in [0, 0.1) is 17.1 Å². The highest BCUT2D eigenvalue weighted by Crippen LogP contribution is 2.12. The van der Waals surface area contributed by atoms with Gasteiger partial charge in [-0.05, 0) is 12.1 Å². The molecule has 2 N–H and O–H groups in total. The fourth-order valence-corrected chi connectivity index (χ4v) is 1.10. The van der Waals surface area contributed by atoms with Crippen molar-refractivity contribution >= 4 is 24.2 Å². The van der Waals surface area contributed by atoms with E-state index in [1.807, 2.05) is 0 Å². The monoisotopic (exact) mass is 199 g/mol. The predicted octanol–water partition coefficient (Wildman–Crippen LogP) is 0.0306. The van der Waals surface area contributed by atoms with Gasteiger partial charge in [-0.3, -0.25) is 0 Å². The number of rotatable bonds is 1. The standard InChI is InChI=1S/C7H4BClFNO2/c9-6-2-7(10)4(3-11)1-5(6)8(12)13/h1-2,12-13H. The van der Waals surface area contributed by atoms with Crippen LogP contribution in [-0.4, -0.2) is 17.2 Å². The average molecular weight is 199 g/mol. The van der Waals surface area contributed by atoms with Crippen molar-refractivity contribution in [2.24, 2.45) is 0 Å². The van der Waals surface area contributed by atoms with Crippen LogP contribution in [0.5, 0.6) is 0 Å². The molecule has 13 heavy (non-hydrogen) atoms. The van der Waals surface area contributed by atoms with E-state index in [0.717, 1.165) is 12.1 Å². The molecular formula is C7H4BClFNO2. The van der Waals surface area contributed by atoms with Crippen molar-refractivity contribution < 1.29 is 14.4 Å². The van der Waals surface area contributed by atoms with Gasteiger partial charge in [-0.25, -0.2) is 4.39 Å². The summed E-state index contributed by atoms with van der Waals surface area (Å²) in [6, 6.07) is 3.43. The Morgan fingerprint density at radius 2 is 2.08 bits per heavy atom. The van der Waals surface area contributed by atoms with Crippen molar-refractivity contribution in [1.82, 2.24) is 0 Å². The summed E-state index contributed by atoms with van der Waals surface area (Å²) in [7, 11) is -1.81. The first-order chi connectivity index (χ1) is 6.06. The normalized spacial score (nSPS) is 9.46. The van der Waals surface area contributed by atoms with Crippen molar-refractivity contribution in [2.45, 2.75) is 0 Å². The fourth-order valence-electron chi connectivity index (χ4n) is 0.849. The molecule has 66 valence electrons. The van der Waals surface area contributed by atoms with Crippen LogP contribution in [0.25, 0.3) is 0 Å². The molecule has 1 aromatic rings. The van der Waals surface area contributed by atoms with E-state index in [-0.39, 0.29) is 16.0 Å². The van der Waals surface area contributed by atoms with Gasteiger partial charge in [0.25, 0.3) is 0 Å². The third-order valence-electron chi connectivity index (χ3n) is 1.48. The van der Waals surface area contributed by atoms with Crippen LogP contribution in [-0.2, 0) is 0 Å². The topological polar surface area (TPSA) is 64.2 Å². The van der Waals surface area contributed by atoms with Crippen LogP contribution >= 0.6 is 11.6 Å². The minimum Gasteiger partial charge on any atom is -0.423 e. The second kappa shape index (κ2) is 3.75. The largest absolute Gasteiger partial charge is 0.490 e. The first-order valence-corrected chi connectivity index (χ1v) is 3.69. The molecule has 0 aliphatic rings. The quantitative estimate of drug-likeness (QED) is 0.627. The van der Waals surface area contributed by atoms with Crippen LogP contribution in [0.1, 0.15) is 5.56 Å². The third kappa shape index (κ3) is 1.98. The molecule has 0 radical (unpaired) electrons. The second-order valence-corrected chi connectivity index (χ2v) is 2.75. The molecule has 0 amide bonds. The molecule has 0 saturated heterocycles. The van der Waals surface area contributed by atoms with E-state index in [0.29, 0.717) is 0 Å². The summed E-state index contributed by atoms with van der Waals surface area (Å²) in [5.74, 6) is -0.781. The van der Waals surface area contributed by atoms with Gasteiger partial charge < -0.3 is 10.0 Å². The van der Waals surface area contributed by atoms with Gasteiger partial charge in [0, 0.05) is 10.5 Å². The van der Waals surface area contributed by atoms with E-state index in [4.69, 9.17) is 26.9 Å². The number of nitrogens with zero attached hydrogens (tertiary/aromatic N) is 1. The molecular weight excluding hydrogens is 195 g/mol. The molecule has 0 heterocycles. The third-order valence-corrected chi connectivity index (χ3v) is 1.81. The number of hydrogen-bond donors (Lipinski definition) is 2. The SMILES string of the molecule is N#Cc1cc(B(O)O)c(Cl)cc1F. The molecule has 0 saturated carbocycles. The van der Waals surface area contributed by atoms with Gasteiger partial charge in [-0.1, -0.05) is 11.6 Å². The van der Waals surface area contributed by atoms with E-state index in [1.54, 1.807) is 6.07 Å². The summed E-state index contributed by atoms with van der Waals surface area (Å²) in [6.45, 7) is 0. The molecule has 0 fully saturated rings. The van der Waals surface area contributed by atoms with E-state index < -0.39 is 12.9 Å². The molecule has 0 atom stereocenters. The number of benzene rings is 1. The Bertz CT molecular complexity index is 377. The first-order valence-electron chi connectivity index (χ1n) is 3.31. The Kier molecular flexibility index (Phi) is 2.88. The molecule has 6 heteroatoms. The smallest absolute Gasteiger partial charge is 0.423 e.